The molecule has 106 valence electrons. The number of alkyl halides is 3. The number of rotatable bonds is 4. The standard InChI is InChI=1S/C9H15F3N2O3S/c10-9(11,12)6-14-8(15)5-13-7-1-3-18(16,17)4-2-7/h7,13H,1-6H2,(H,14,15). The number of hydrogen-bond donors (Lipinski definition) is 2. The number of hydrogen-bond acceptors (Lipinski definition) is 4. The lowest BCUT2D eigenvalue weighted by Crippen LogP contribution is -2.44. The predicted octanol–water partition coefficient (Wildman–Crippen LogP) is -0.168. The van der Waals surface area contributed by atoms with Crippen LogP contribution in [0.3, 0.4) is 0 Å². The fourth-order valence-electron chi connectivity index (χ4n) is 1.59. The van der Waals surface area contributed by atoms with E-state index in [4.69, 9.17) is 0 Å². The summed E-state index contributed by atoms with van der Waals surface area (Å²) in [6, 6.07) is -0.134. The first-order valence-corrected chi connectivity index (χ1v) is 7.27. The first kappa shape index (κ1) is 15.2. The summed E-state index contributed by atoms with van der Waals surface area (Å²) < 4.78 is 57.6. The van der Waals surface area contributed by atoms with Gasteiger partial charge in [-0.05, 0) is 12.8 Å². The Kier molecular flexibility index (Phi) is 4.97. The van der Waals surface area contributed by atoms with Crippen LogP contribution in [-0.4, -0.2) is 51.1 Å². The van der Waals surface area contributed by atoms with Gasteiger partial charge in [-0.3, -0.25) is 4.79 Å². The van der Waals surface area contributed by atoms with E-state index in [1.807, 2.05) is 0 Å². The Hall–Kier alpha value is -0.830. The minimum absolute atomic E-state index is 0.0504. The van der Waals surface area contributed by atoms with E-state index in [-0.39, 0.29) is 24.1 Å². The average molecular weight is 288 g/mol. The van der Waals surface area contributed by atoms with Gasteiger partial charge in [-0.2, -0.15) is 13.2 Å². The monoisotopic (exact) mass is 288 g/mol. The van der Waals surface area contributed by atoms with Crippen LogP contribution in [-0.2, 0) is 14.6 Å². The quantitative estimate of drug-likeness (QED) is 0.753. The third-order valence-corrected chi connectivity index (χ3v) is 4.31. The molecule has 0 saturated carbocycles. The van der Waals surface area contributed by atoms with E-state index >= 15 is 0 Å². The van der Waals surface area contributed by atoms with Crippen LogP contribution < -0.4 is 10.6 Å². The van der Waals surface area contributed by atoms with Crippen LogP contribution >= 0.6 is 0 Å². The maximum absolute atomic E-state index is 11.8. The molecule has 1 fully saturated rings. The van der Waals surface area contributed by atoms with E-state index in [0.29, 0.717) is 12.8 Å². The molecule has 2 N–H and O–H groups in total. The summed E-state index contributed by atoms with van der Waals surface area (Å²) in [6.45, 7) is -1.59. The van der Waals surface area contributed by atoms with Crippen molar-refractivity contribution in [2.45, 2.75) is 25.1 Å². The molecule has 0 spiro atoms. The zero-order valence-corrected chi connectivity index (χ0v) is 10.4. The molecule has 0 atom stereocenters. The topological polar surface area (TPSA) is 75.3 Å². The van der Waals surface area contributed by atoms with Crippen molar-refractivity contribution in [3.05, 3.63) is 0 Å². The van der Waals surface area contributed by atoms with Gasteiger partial charge in [-0.15, -0.1) is 0 Å². The molecule has 1 rings (SSSR count). The van der Waals surface area contributed by atoms with Crippen molar-refractivity contribution >= 4 is 15.7 Å². The second kappa shape index (κ2) is 5.87. The largest absolute Gasteiger partial charge is 0.405 e. The van der Waals surface area contributed by atoms with Crippen molar-refractivity contribution in [1.82, 2.24) is 10.6 Å². The lowest BCUT2D eigenvalue weighted by molar-refractivity contribution is -0.137. The molecule has 0 aromatic heterocycles. The Morgan fingerprint density at radius 2 is 1.78 bits per heavy atom. The van der Waals surface area contributed by atoms with Gasteiger partial charge in [0.2, 0.25) is 5.91 Å². The molecule has 0 bridgehead atoms. The van der Waals surface area contributed by atoms with Gasteiger partial charge < -0.3 is 10.6 Å². The summed E-state index contributed by atoms with van der Waals surface area (Å²) in [5.74, 6) is -0.648. The molecular formula is C9H15F3N2O3S. The number of nitrogens with one attached hydrogen (secondary N) is 2. The highest BCUT2D eigenvalue weighted by molar-refractivity contribution is 7.91. The average Bonchev–Trinajstić information content (AvgIpc) is 2.24. The fourth-order valence-corrected chi connectivity index (χ4v) is 3.08. The van der Waals surface area contributed by atoms with Gasteiger partial charge in [0.1, 0.15) is 16.4 Å². The summed E-state index contributed by atoms with van der Waals surface area (Å²) >= 11 is 0. The van der Waals surface area contributed by atoms with E-state index in [0.717, 1.165) is 0 Å². The van der Waals surface area contributed by atoms with Gasteiger partial charge in [-0.25, -0.2) is 8.42 Å². The number of carbonyl (C=O) groups excluding carboxylic acids is 1. The first-order valence-electron chi connectivity index (χ1n) is 5.45. The Balaban J connectivity index is 2.20. The van der Waals surface area contributed by atoms with Gasteiger partial charge in [0, 0.05) is 6.04 Å². The van der Waals surface area contributed by atoms with Crippen LogP contribution in [0.4, 0.5) is 13.2 Å². The summed E-state index contributed by atoms with van der Waals surface area (Å²) in [6.07, 6.45) is -3.65. The molecule has 1 amide bonds. The highest BCUT2D eigenvalue weighted by Crippen LogP contribution is 2.13. The summed E-state index contributed by atoms with van der Waals surface area (Å²) in [5.41, 5.74) is 0. The lowest BCUT2D eigenvalue weighted by atomic mass is 10.1. The van der Waals surface area contributed by atoms with Gasteiger partial charge >= 0.3 is 6.18 Å². The third-order valence-electron chi connectivity index (χ3n) is 2.59. The Bertz CT molecular complexity index is 380. The smallest absolute Gasteiger partial charge is 0.346 e. The third kappa shape index (κ3) is 6.20. The minimum atomic E-state index is -4.42. The normalized spacial score (nSPS) is 20.6. The highest BCUT2D eigenvalue weighted by Gasteiger charge is 2.28. The summed E-state index contributed by atoms with van der Waals surface area (Å²) in [4.78, 5) is 11.1. The van der Waals surface area contributed by atoms with Crippen molar-refractivity contribution in [3.63, 3.8) is 0 Å². The van der Waals surface area contributed by atoms with Crippen molar-refractivity contribution in [3.8, 4) is 0 Å². The van der Waals surface area contributed by atoms with Crippen LogP contribution in [0.5, 0.6) is 0 Å². The maximum Gasteiger partial charge on any atom is 0.405 e. The summed E-state index contributed by atoms with van der Waals surface area (Å²) in [5, 5.41) is 4.49. The molecule has 9 heteroatoms. The molecule has 1 aliphatic rings. The molecule has 1 saturated heterocycles. The van der Waals surface area contributed by atoms with E-state index in [1.54, 1.807) is 5.32 Å². The zero-order valence-electron chi connectivity index (χ0n) is 9.59. The Morgan fingerprint density at radius 3 is 2.28 bits per heavy atom. The Labute approximate surface area is 103 Å². The number of halogens is 3. The van der Waals surface area contributed by atoms with Crippen molar-refractivity contribution in [1.29, 1.82) is 0 Å². The van der Waals surface area contributed by atoms with Crippen LogP contribution in [0.2, 0.25) is 0 Å². The number of carbonyl (C=O) groups is 1. The van der Waals surface area contributed by atoms with Crippen LogP contribution in [0.1, 0.15) is 12.8 Å². The molecule has 18 heavy (non-hydrogen) atoms. The van der Waals surface area contributed by atoms with Gasteiger partial charge in [0.05, 0.1) is 18.1 Å². The molecule has 0 unspecified atom stereocenters. The Morgan fingerprint density at radius 1 is 1.22 bits per heavy atom. The number of amides is 1. The van der Waals surface area contributed by atoms with E-state index in [9.17, 15) is 26.4 Å². The second-order valence-corrected chi connectivity index (χ2v) is 6.50. The molecule has 1 aliphatic heterocycles. The van der Waals surface area contributed by atoms with Crippen molar-refractivity contribution < 1.29 is 26.4 Å². The molecule has 5 nitrogen and oxygen atoms in total. The van der Waals surface area contributed by atoms with Crippen molar-refractivity contribution in [2.24, 2.45) is 0 Å². The molecule has 1 heterocycles. The molecular weight excluding hydrogens is 273 g/mol. The SMILES string of the molecule is O=C(CNC1CCS(=O)(=O)CC1)NCC(F)(F)F. The molecule has 0 radical (unpaired) electrons. The van der Waals surface area contributed by atoms with Crippen LogP contribution in [0.25, 0.3) is 0 Å². The maximum atomic E-state index is 11.8. The predicted molar refractivity (Wildman–Crippen MR) is 58.7 cm³/mol. The van der Waals surface area contributed by atoms with Crippen LogP contribution in [0.15, 0.2) is 0 Å². The lowest BCUT2D eigenvalue weighted by Gasteiger charge is -2.22. The van der Waals surface area contributed by atoms with E-state index in [1.165, 1.54) is 0 Å². The zero-order chi connectivity index (χ0) is 13.8. The van der Waals surface area contributed by atoms with Crippen LogP contribution in [0, 0.1) is 0 Å². The van der Waals surface area contributed by atoms with E-state index in [2.05, 4.69) is 5.32 Å². The van der Waals surface area contributed by atoms with E-state index < -0.39 is 28.5 Å². The minimum Gasteiger partial charge on any atom is -0.346 e. The second-order valence-electron chi connectivity index (χ2n) is 4.20. The highest BCUT2D eigenvalue weighted by atomic mass is 32.2. The molecule has 0 aliphatic carbocycles. The van der Waals surface area contributed by atoms with Gasteiger partial charge in [-0.1, -0.05) is 0 Å². The van der Waals surface area contributed by atoms with Crippen molar-refractivity contribution in [2.75, 3.05) is 24.6 Å². The molecule has 0 aromatic carbocycles. The van der Waals surface area contributed by atoms with Gasteiger partial charge in [0.15, 0.2) is 0 Å². The summed E-state index contributed by atoms with van der Waals surface area (Å²) in [7, 11) is -2.97. The number of sulfone groups is 1. The fraction of sp³-hybridized carbons (Fsp3) is 0.889. The molecule has 0 aromatic rings. The first-order chi connectivity index (χ1) is 8.18. The van der Waals surface area contributed by atoms with Gasteiger partial charge in [0.25, 0.3) is 0 Å².